The average Bonchev–Trinajstić information content (AvgIpc) is 2.78. The zero-order chi connectivity index (χ0) is 23.6. The molecule has 0 unspecified atom stereocenters. The van der Waals surface area contributed by atoms with Crippen LogP contribution in [0, 0.1) is 0 Å². The van der Waals surface area contributed by atoms with Crippen molar-refractivity contribution in [2.45, 2.75) is 32.8 Å². The van der Waals surface area contributed by atoms with E-state index in [1.165, 1.54) is 22.2 Å². The Morgan fingerprint density at radius 2 is 1.82 bits per heavy atom. The van der Waals surface area contributed by atoms with Crippen molar-refractivity contribution in [1.29, 1.82) is 0 Å². The van der Waals surface area contributed by atoms with E-state index >= 15 is 0 Å². The molecule has 7 heteroatoms. The predicted octanol–water partition coefficient (Wildman–Crippen LogP) is 5.48. The van der Waals surface area contributed by atoms with Crippen LogP contribution in [0.2, 0.25) is 5.02 Å². The summed E-state index contributed by atoms with van der Waals surface area (Å²) in [6.45, 7) is 6.51. The molecule has 33 heavy (non-hydrogen) atoms. The van der Waals surface area contributed by atoms with E-state index < -0.39 is 0 Å². The number of hydrogen-bond acceptors (Lipinski definition) is 4. The minimum atomic E-state index is -0.236. The van der Waals surface area contributed by atoms with Gasteiger partial charge in [0.05, 0.1) is 10.7 Å². The smallest absolute Gasteiger partial charge is 0.258 e. The second-order valence-electron chi connectivity index (χ2n) is 8.76. The van der Waals surface area contributed by atoms with Crippen LogP contribution in [0.5, 0.6) is 5.75 Å². The van der Waals surface area contributed by atoms with Gasteiger partial charge in [-0.15, -0.1) is 0 Å². The minimum Gasteiger partial charge on any atom is -0.487 e. The van der Waals surface area contributed by atoms with Gasteiger partial charge in [0.1, 0.15) is 18.0 Å². The van der Waals surface area contributed by atoms with Crippen molar-refractivity contribution < 1.29 is 9.53 Å². The molecule has 0 saturated heterocycles. The van der Waals surface area contributed by atoms with Crippen LogP contribution in [-0.2, 0) is 12.0 Å². The number of anilines is 1. The molecule has 2 aromatic carbocycles. The van der Waals surface area contributed by atoms with Crippen molar-refractivity contribution in [2.24, 2.45) is 0 Å². The molecule has 0 atom stereocenters. The number of hydrogen-bond donors (Lipinski definition) is 1. The van der Waals surface area contributed by atoms with Gasteiger partial charge in [-0.25, -0.2) is 4.98 Å². The highest BCUT2D eigenvalue weighted by Gasteiger charge is 2.14. The Balaban J connectivity index is 1.44. The van der Waals surface area contributed by atoms with Gasteiger partial charge in [0.2, 0.25) is 0 Å². The molecule has 2 aromatic heterocycles. The molecule has 168 valence electrons. The summed E-state index contributed by atoms with van der Waals surface area (Å²) >= 11 is 5.94. The molecule has 0 aliphatic heterocycles. The maximum absolute atomic E-state index is 12.6. The molecule has 0 bridgehead atoms. The Morgan fingerprint density at radius 3 is 2.55 bits per heavy atom. The van der Waals surface area contributed by atoms with Gasteiger partial charge in [0, 0.05) is 29.6 Å². The third-order valence-electron chi connectivity index (χ3n) is 5.17. The third kappa shape index (κ3) is 5.41. The van der Waals surface area contributed by atoms with Gasteiger partial charge in [-0.05, 0) is 47.4 Å². The highest BCUT2D eigenvalue weighted by atomic mass is 35.5. The van der Waals surface area contributed by atoms with Crippen LogP contribution in [-0.4, -0.2) is 15.3 Å². The number of aromatic nitrogens is 2. The molecule has 4 rings (SSSR count). The van der Waals surface area contributed by atoms with E-state index in [2.05, 4.69) is 31.1 Å². The monoisotopic (exact) mass is 461 g/mol. The highest BCUT2D eigenvalue weighted by Crippen LogP contribution is 2.23. The number of fused-ring (bicyclic) bond motifs is 1. The summed E-state index contributed by atoms with van der Waals surface area (Å²) in [5.41, 5.74) is 3.13. The first kappa shape index (κ1) is 22.6. The van der Waals surface area contributed by atoms with Crippen molar-refractivity contribution >= 4 is 28.8 Å². The quantitative estimate of drug-likeness (QED) is 0.427. The van der Waals surface area contributed by atoms with E-state index in [-0.39, 0.29) is 23.5 Å². The van der Waals surface area contributed by atoms with E-state index in [0.29, 0.717) is 33.4 Å². The Hall–Kier alpha value is -3.64. The zero-order valence-electron chi connectivity index (χ0n) is 18.6. The number of halogens is 1. The standard InChI is InChI=1S/C26H24ClN3O3/c1-26(2,3)18-9-7-17(8-10-18)25(32)29-20-5-4-6-22(13-20)33-16-21-14-24(31)30-15-19(27)11-12-23(30)28-21/h4-15H,16H2,1-3H3,(H,29,32). The van der Waals surface area contributed by atoms with Crippen molar-refractivity contribution in [2.75, 3.05) is 5.32 Å². The molecule has 0 aliphatic rings. The summed E-state index contributed by atoms with van der Waals surface area (Å²) in [4.78, 5) is 29.4. The summed E-state index contributed by atoms with van der Waals surface area (Å²) in [7, 11) is 0. The van der Waals surface area contributed by atoms with Gasteiger partial charge in [-0.3, -0.25) is 14.0 Å². The molecule has 0 aliphatic carbocycles. The summed E-state index contributed by atoms with van der Waals surface area (Å²) in [6, 6.07) is 19.5. The summed E-state index contributed by atoms with van der Waals surface area (Å²) in [5.74, 6) is 0.351. The van der Waals surface area contributed by atoms with Crippen LogP contribution in [0.25, 0.3) is 5.65 Å². The van der Waals surface area contributed by atoms with Gasteiger partial charge in [0.25, 0.3) is 11.5 Å². The van der Waals surface area contributed by atoms with Crippen molar-refractivity contribution in [3.8, 4) is 5.75 Å². The summed E-state index contributed by atoms with van der Waals surface area (Å²) < 4.78 is 7.20. The summed E-state index contributed by atoms with van der Waals surface area (Å²) in [5, 5.41) is 3.35. The fourth-order valence-electron chi connectivity index (χ4n) is 3.35. The number of ether oxygens (including phenoxy) is 1. The van der Waals surface area contributed by atoms with Crippen LogP contribution in [0.3, 0.4) is 0 Å². The molecule has 0 saturated carbocycles. The molecular weight excluding hydrogens is 438 g/mol. The Labute approximate surface area is 196 Å². The number of pyridine rings is 1. The second kappa shape index (κ2) is 9.08. The molecule has 1 amide bonds. The normalized spacial score (nSPS) is 11.4. The number of amides is 1. The zero-order valence-corrected chi connectivity index (χ0v) is 19.4. The predicted molar refractivity (Wildman–Crippen MR) is 130 cm³/mol. The Kier molecular flexibility index (Phi) is 6.20. The lowest BCUT2D eigenvalue weighted by molar-refractivity contribution is 0.102. The van der Waals surface area contributed by atoms with E-state index in [1.807, 2.05) is 24.3 Å². The molecular formula is C26H24ClN3O3. The van der Waals surface area contributed by atoms with E-state index in [9.17, 15) is 9.59 Å². The van der Waals surface area contributed by atoms with Gasteiger partial charge >= 0.3 is 0 Å². The van der Waals surface area contributed by atoms with Crippen LogP contribution in [0.15, 0.2) is 77.7 Å². The number of carbonyl (C=O) groups excluding carboxylic acids is 1. The Bertz CT molecular complexity index is 1370. The highest BCUT2D eigenvalue weighted by molar-refractivity contribution is 6.30. The molecule has 1 N–H and O–H groups in total. The SMILES string of the molecule is CC(C)(C)c1ccc(C(=O)Nc2cccc(OCc3cc(=O)n4cc(Cl)ccc4n3)c2)cc1. The van der Waals surface area contributed by atoms with Crippen molar-refractivity contribution in [3.05, 3.63) is 105 Å². The maximum Gasteiger partial charge on any atom is 0.258 e. The van der Waals surface area contributed by atoms with E-state index in [0.717, 1.165) is 0 Å². The first-order chi connectivity index (χ1) is 15.7. The van der Waals surface area contributed by atoms with Crippen LogP contribution < -0.4 is 15.6 Å². The fourth-order valence-corrected chi connectivity index (χ4v) is 3.51. The van der Waals surface area contributed by atoms with Gasteiger partial charge in [0.15, 0.2) is 0 Å². The van der Waals surface area contributed by atoms with E-state index in [1.54, 1.807) is 36.4 Å². The average molecular weight is 462 g/mol. The topological polar surface area (TPSA) is 72.7 Å². The van der Waals surface area contributed by atoms with Crippen molar-refractivity contribution in [3.63, 3.8) is 0 Å². The number of carbonyl (C=O) groups is 1. The lowest BCUT2D eigenvalue weighted by Gasteiger charge is -2.19. The van der Waals surface area contributed by atoms with Crippen LogP contribution >= 0.6 is 11.6 Å². The number of benzene rings is 2. The number of nitrogens with zero attached hydrogens (tertiary/aromatic N) is 2. The molecule has 0 spiro atoms. The van der Waals surface area contributed by atoms with Gasteiger partial charge in [-0.1, -0.05) is 50.6 Å². The van der Waals surface area contributed by atoms with Crippen molar-refractivity contribution in [1.82, 2.24) is 9.38 Å². The maximum atomic E-state index is 12.6. The molecule has 0 fully saturated rings. The Morgan fingerprint density at radius 1 is 1.06 bits per heavy atom. The third-order valence-corrected chi connectivity index (χ3v) is 5.39. The number of nitrogens with one attached hydrogen (secondary N) is 1. The van der Waals surface area contributed by atoms with Gasteiger partial charge in [-0.2, -0.15) is 0 Å². The fraction of sp³-hybridized carbons (Fsp3) is 0.192. The minimum absolute atomic E-state index is 0.0269. The molecule has 6 nitrogen and oxygen atoms in total. The first-order valence-electron chi connectivity index (χ1n) is 10.5. The van der Waals surface area contributed by atoms with Gasteiger partial charge < -0.3 is 10.1 Å². The second-order valence-corrected chi connectivity index (χ2v) is 9.20. The lowest BCUT2D eigenvalue weighted by Crippen LogP contribution is -2.16. The lowest BCUT2D eigenvalue weighted by atomic mass is 9.87. The molecule has 2 heterocycles. The first-order valence-corrected chi connectivity index (χ1v) is 10.9. The largest absolute Gasteiger partial charge is 0.487 e. The van der Waals surface area contributed by atoms with Crippen LogP contribution in [0.1, 0.15) is 42.4 Å². The number of rotatable bonds is 5. The van der Waals surface area contributed by atoms with E-state index in [4.69, 9.17) is 16.3 Å². The summed E-state index contributed by atoms with van der Waals surface area (Å²) in [6.07, 6.45) is 1.53. The molecule has 4 aromatic rings. The molecule has 0 radical (unpaired) electrons. The van der Waals surface area contributed by atoms with Crippen LogP contribution in [0.4, 0.5) is 5.69 Å².